The number of nitrogens with zero attached hydrogens (tertiary/aromatic N) is 2. The number of morpholine rings is 1. The van der Waals surface area contributed by atoms with Crippen molar-refractivity contribution in [1.82, 2.24) is 15.5 Å². The van der Waals surface area contributed by atoms with E-state index in [0.717, 1.165) is 38.4 Å². The number of hydrogen-bond donors (Lipinski definition) is 2. The SMILES string of the molecule is CCOc1ccc(CNC(=NC)NCc2ccccc2CN2CCOCC2)cc1F. The van der Waals surface area contributed by atoms with Gasteiger partial charge in [-0.05, 0) is 35.7 Å². The number of ether oxygens (including phenoxy) is 2. The predicted molar refractivity (Wildman–Crippen MR) is 117 cm³/mol. The normalized spacial score (nSPS) is 15.1. The topological polar surface area (TPSA) is 58.1 Å². The molecule has 0 atom stereocenters. The lowest BCUT2D eigenvalue weighted by atomic mass is 10.1. The van der Waals surface area contributed by atoms with Crippen molar-refractivity contribution in [3.8, 4) is 5.75 Å². The Labute approximate surface area is 178 Å². The maximum Gasteiger partial charge on any atom is 0.191 e. The first-order valence-corrected chi connectivity index (χ1v) is 10.4. The van der Waals surface area contributed by atoms with Crippen LogP contribution >= 0.6 is 0 Å². The lowest BCUT2D eigenvalue weighted by molar-refractivity contribution is 0.0341. The monoisotopic (exact) mass is 414 g/mol. The lowest BCUT2D eigenvalue weighted by Crippen LogP contribution is -2.37. The van der Waals surface area contributed by atoms with Gasteiger partial charge in [-0.1, -0.05) is 30.3 Å². The van der Waals surface area contributed by atoms with Crippen LogP contribution in [0.1, 0.15) is 23.6 Å². The van der Waals surface area contributed by atoms with Crippen LogP contribution in [0.3, 0.4) is 0 Å². The smallest absolute Gasteiger partial charge is 0.191 e. The van der Waals surface area contributed by atoms with Crippen LogP contribution in [-0.2, 0) is 24.4 Å². The van der Waals surface area contributed by atoms with Gasteiger partial charge in [0, 0.05) is 39.8 Å². The quantitative estimate of drug-likeness (QED) is 0.514. The van der Waals surface area contributed by atoms with E-state index in [1.807, 2.05) is 13.0 Å². The summed E-state index contributed by atoms with van der Waals surface area (Å²) >= 11 is 0. The number of aliphatic imine (C=N–C) groups is 1. The highest BCUT2D eigenvalue weighted by molar-refractivity contribution is 5.79. The van der Waals surface area contributed by atoms with E-state index in [0.29, 0.717) is 25.7 Å². The maximum atomic E-state index is 14.0. The highest BCUT2D eigenvalue weighted by atomic mass is 19.1. The molecular weight excluding hydrogens is 383 g/mol. The molecule has 30 heavy (non-hydrogen) atoms. The fraction of sp³-hybridized carbons (Fsp3) is 0.435. The highest BCUT2D eigenvalue weighted by Gasteiger charge is 2.13. The molecule has 1 heterocycles. The van der Waals surface area contributed by atoms with Crippen molar-refractivity contribution >= 4 is 5.96 Å². The molecule has 162 valence electrons. The molecule has 7 heteroatoms. The Bertz CT molecular complexity index is 838. The van der Waals surface area contributed by atoms with Crippen molar-refractivity contribution < 1.29 is 13.9 Å². The van der Waals surface area contributed by atoms with Crippen molar-refractivity contribution in [2.24, 2.45) is 4.99 Å². The average molecular weight is 415 g/mol. The largest absolute Gasteiger partial charge is 0.491 e. The summed E-state index contributed by atoms with van der Waals surface area (Å²) in [5, 5.41) is 6.60. The second-order valence-electron chi connectivity index (χ2n) is 7.13. The second-order valence-corrected chi connectivity index (χ2v) is 7.13. The van der Waals surface area contributed by atoms with Crippen LogP contribution in [0, 0.1) is 5.82 Å². The number of hydrogen-bond acceptors (Lipinski definition) is 4. The second kappa shape index (κ2) is 11.5. The molecule has 1 aliphatic rings. The third-order valence-corrected chi connectivity index (χ3v) is 5.04. The van der Waals surface area contributed by atoms with Crippen molar-refractivity contribution in [3.63, 3.8) is 0 Å². The number of rotatable bonds is 8. The molecule has 3 rings (SSSR count). The summed E-state index contributed by atoms with van der Waals surface area (Å²) in [5.41, 5.74) is 3.36. The van der Waals surface area contributed by atoms with Crippen LogP contribution in [-0.4, -0.2) is 50.8 Å². The highest BCUT2D eigenvalue weighted by Crippen LogP contribution is 2.18. The van der Waals surface area contributed by atoms with Crippen LogP contribution in [0.4, 0.5) is 4.39 Å². The molecular formula is C23H31FN4O2. The number of halogens is 1. The standard InChI is InChI=1S/C23H31FN4O2/c1-3-30-22-9-8-18(14-21(22)24)15-26-23(25-2)27-16-19-6-4-5-7-20(19)17-28-10-12-29-13-11-28/h4-9,14H,3,10-13,15-17H2,1-2H3,(H2,25,26,27). The Balaban J connectivity index is 1.54. The summed E-state index contributed by atoms with van der Waals surface area (Å²) in [6, 6.07) is 13.4. The van der Waals surface area contributed by atoms with Gasteiger partial charge in [0.15, 0.2) is 17.5 Å². The van der Waals surface area contributed by atoms with Crippen molar-refractivity contribution in [2.45, 2.75) is 26.6 Å². The summed E-state index contributed by atoms with van der Waals surface area (Å²) in [6.07, 6.45) is 0. The molecule has 0 unspecified atom stereocenters. The van der Waals surface area contributed by atoms with E-state index in [1.165, 1.54) is 17.2 Å². The summed E-state index contributed by atoms with van der Waals surface area (Å²) in [4.78, 5) is 6.69. The van der Waals surface area contributed by atoms with Crippen molar-refractivity contribution in [1.29, 1.82) is 0 Å². The summed E-state index contributed by atoms with van der Waals surface area (Å²) in [5.74, 6) is 0.599. The molecule has 0 aliphatic carbocycles. The van der Waals surface area contributed by atoms with E-state index in [4.69, 9.17) is 9.47 Å². The minimum atomic E-state index is -0.351. The predicted octanol–water partition coefficient (Wildman–Crippen LogP) is 2.92. The number of nitrogens with one attached hydrogen (secondary N) is 2. The molecule has 1 fully saturated rings. The third kappa shape index (κ3) is 6.43. The molecule has 1 saturated heterocycles. The molecule has 0 aromatic heterocycles. The van der Waals surface area contributed by atoms with Gasteiger partial charge in [0.1, 0.15) is 0 Å². The molecule has 6 nitrogen and oxygen atoms in total. The fourth-order valence-electron chi connectivity index (χ4n) is 3.40. The van der Waals surface area contributed by atoms with Crippen molar-refractivity contribution in [2.75, 3.05) is 40.0 Å². The van der Waals surface area contributed by atoms with E-state index < -0.39 is 0 Å². The molecule has 0 saturated carbocycles. The van der Waals surface area contributed by atoms with E-state index in [-0.39, 0.29) is 11.6 Å². The van der Waals surface area contributed by atoms with Gasteiger partial charge in [-0.2, -0.15) is 0 Å². The molecule has 0 amide bonds. The first kappa shape index (κ1) is 22.1. The molecule has 2 aromatic rings. The summed E-state index contributed by atoms with van der Waals surface area (Å²) in [6.45, 7) is 7.84. The Hall–Kier alpha value is -2.64. The van der Waals surface area contributed by atoms with Crippen LogP contribution in [0.5, 0.6) is 5.75 Å². The first-order chi connectivity index (χ1) is 14.7. The van der Waals surface area contributed by atoms with Gasteiger partial charge in [-0.3, -0.25) is 9.89 Å². The molecule has 2 aromatic carbocycles. The average Bonchev–Trinajstić information content (AvgIpc) is 2.77. The fourth-order valence-corrected chi connectivity index (χ4v) is 3.40. The maximum absolute atomic E-state index is 14.0. The number of benzene rings is 2. The zero-order chi connectivity index (χ0) is 21.2. The van der Waals surface area contributed by atoms with Crippen LogP contribution in [0.2, 0.25) is 0 Å². The minimum Gasteiger partial charge on any atom is -0.491 e. The van der Waals surface area contributed by atoms with Gasteiger partial charge < -0.3 is 20.1 Å². The molecule has 2 N–H and O–H groups in total. The van der Waals surface area contributed by atoms with Gasteiger partial charge >= 0.3 is 0 Å². The Morgan fingerprint density at radius 1 is 1.10 bits per heavy atom. The number of guanidine groups is 1. The summed E-state index contributed by atoms with van der Waals surface area (Å²) in [7, 11) is 1.73. The van der Waals surface area contributed by atoms with E-state index in [1.54, 1.807) is 13.1 Å². The Kier molecular flexibility index (Phi) is 8.47. The molecule has 0 radical (unpaired) electrons. The lowest BCUT2D eigenvalue weighted by Gasteiger charge is -2.27. The van der Waals surface area contributed by atoms with E-state index in [9.17, 15) is 4.39 Å². The Morgan fingerprint density at radius 2 is 1.83 bits per heavy atom. The third-order valence-electron chi connectivity index (χ3n) is 5.04. The Morgan fingerprint density at radius 3 is 2.53 bits per heavy atom. The van der Waals surface area contributed by atoms with Gasteiger partial charge in [-0.25, -0.2) is 4.39 Å². The van der Waals surface area contributed by atoms with Crippen LogP contribution in [0.15, 0.2) is 47.5 Å². The first-order valence-electron chi connectivity index (χ1n) is 10.4. The minimum absolute atomic E-state index is 0.278. The zero-order valence-corrected chi connectivity index (χ0v) is 17.8. The molecule has 0 spiro atoms. The van der Waals surface area contributed by atoms with Gasteiger partial charge in [-0.15, -0.1) is 0 Å². The molecule has 0 bridgehead atoms. The van der Waals surface area contributed by atoms with E-state index >= 15 is 0 Å². The van der Waals surface area contributed by atoms with Crippen LogP contribution in [0.25, 0.3) is 0 Å². The van der Waals surface area contributed by atoms with Gasteiger partial charge in [0.2, 0.25) is 0 Å². The zero-order valence-electron chi connectivity index (χ0n) is 17.8. The van der Waals surface area contributed by atoms with Crippen LogP contribution < -0.4 is 15.4 Å². The van der Waals surface area contributed by atoms with Crippen molar-refractivity contribution in [3.05, 3.63) is 65.0 Å². The summed E-state index contributed by atoms with van der Waals surface area (Å²) < 4.78 is 24.7. The van der Waals surface area contributed by atoms with Gasteiger partial charge in [0.25, 0.3) is 0 Å². The van der Waals surface area contributed by atoms with Gasteiger partial charge in [0.05, 0.1) is 19.8 Å². The molecule has 1 aliphatic heterocycles. The van der Waals surface area contributed by atoms with E-state index in [2.05, 4.69) is 44.8 Å².